The number of carbonyl (C=O) groups is 1. The third kappa shape index (κ3) is 5.93. The fourth-order valence-corrected chi connectivity index (χ4v) is 1.54. The van der Waals surface area contributed by atoms with Crippen molar-refractivity contribution in [1.82, 2.24) is 5.32 Å². The van der Waals surface area contributed by atoms with Crippen molar-refractivity contribution in [3.05, 3.63) is 0 Å². The molecule has 0 aliphatic rings. The quantitative estimate of drug-likeness (QED) is 0.678. The van der Waals surface area contributed by atoms with Crippen molar-refractivity contribution >= 4 is 17.7 Å². The molecule has 2 unspecified atom stereocenters. The van der Waals surface area contributed by atoms with Gasteiger partial charge in [0.2, 0.25) is 5.91 Å². The number of nitrogens with two attached hydrogens (primary N) is 1. The van der Waals surface area contributed by atoms with Crippen LogP contribution < -0.4 is 11.1 Å². The number of carbonyl (C=O) groups excluding carboxylic acids is 1. The Labute approximate surface area is 84.8 Å². The molecular weight excluding hydrogens is 184 g/mol. The summed E-state index contributed by atoms with van der Waals surface area (Å²) in [4.78, 5) is 11.3. The molecule has 3 N–H and O–H groups in total. The van der Waals surface area contributed by atoms with Gasteiger partial charge in [-0.05, 0) is 19.1 Å². The van der Waals surface area contributed by atoms with Crippen LogP contribution >= 0.6 is 11.8 Å². The van der Waals surface area contributed by atoms with Gasteiger partial charge in [-0.2, -0.15) is 11.8 Å². The molecule has 0 aromatic rings. The van der Waals surface area contributed by atoms with Crippen molar-refractivity contribution in [3.8, 4) is 0 Å². The Bertz CT molecular complexity index is 153. The van der Waals surface area contributed by atoms with Gasteiger partial charge in [-0.25, -0.2) is 0 Å². The van der Waals surface area contributed by atoms with E-state index >= 15 is 0 Å². The molecule has 0 bridgehead atoms. The molecule has 0 saturated carbocycles. The SMILES string of the molecule is CCSCC(C)NC(=O)C(N)CC. The van der Waals surface area contributed by atoms with Crippen LogP contribution in [0, 0.1) is 0 Å². The molecule has 0 fully saturated rings. The van der Waals surface area contributed by atoms with E-state index in [2.05, 4.69) is 12.2 Å². The van der Waals surface area contributed by atoms with Gasteiger partial charge in [0.15, 0.2) is 0 Å². The van der Waals surface area contributed by atoms with Crippen LogP contribution in [-0.4, -0.2) is 29.5 Å². The topological polar surface area (TPSA) is 55.1 Å². The van der Waals surface area contributed by atoms with Crippen molar-refractivity contribution in [2.45, 2.75) is 39.3 Å². The minimum Gasteiger partial charge on any atom is -0.351 e. The third-order valence-electron chi connectivity index (χ3n) is 1.74. The second-order valence-electron chi connectivity index (χ2n) is 3.08. The van der Waals surface area contributed by atoms with E-state index in [4.69, 9.17) is 5.73 Å². The minimum absolute atomic E-state index is 0.0355. The highest BCUT2D eigenvalue weighted by molar-refractivity contribution is 7.99. The zero-order valence-corrected chi connectivity index (χ0v) is 9.49. The van der Waals surface area contributed by atoms with Crippen molar-refractivity contribution in [1.29, 1.82) is 0 Å². The van der Waals surface area contributed by atoms with Crippen molar-refractivity contribution in [3.63, 3.8) is 0 Å². The molecule has 0 radical (unpaired) electrons. The first-order valence-corrected chi connectivity index (χ1v) is 5.90. The van der Waals surface area contributed by atoms with Gasteiger partial charge in [0.25, 0.3) is 0 Å². The summed E-state index contributed by atoms with van der Waals surface area (Å²) in [6.07, 6.45) is 0.694. The van der Waals surface area contributed by atoms with Gasteiger partial charge < -0.3 is 11.1 Å². The van der Waals surface area contributed by atoms with E-state index in [1.54, 1.807) is 0 Å². The minimum atomic E-state index is -0.353. The molecule has 13 heavy (non-hydrogen) atoms. The summed E-state index contributed by atoms with van der Waals surface area (Å²) in [5.74, 6) is 2.00. The molecule has 0 rings (SSSR count). The van der Waals surface area contributed by atoms with E-state index in [0.717, 1.165) is 11.5 Å². The van der Waals surface area contributed by atoms with E-state index in [9.17, 15) is 4.79 Å². The number of hydrogen-bond donors (Lipinski definition) is 2. The fourth-order valence-electron chi connectivity index (χ4n) is 0.872. The largest absolute Gasteiger partial charge is 0.351 e. The monoisotopic (exact) mass is 204 g/mol. The van der Waals surface area contributed by atoms with E-state index in [1.165, 1.54) is 0 Å². The molecule has 0 aliphatic carbocycles. The molecule has 0 aromatic carbocycles. The zero-order chi connectivity index (χ0) is 10.3. The summed E-state index contributed by atoms with van der Waals surface area (Å²) >= 11 is 1.82. The molecule has 78 valence electrons. The highest BCUT2D eigenvalue weighted by Crippen LogP contribution is 2.01. The average Bonchev–Trinajstić information content (AvgIpc) is 2.13. The molecule has 3 nitrogen and oxygen atoms in total. The Hall–Kier alpha value is -0.220. The first-order chi connectivity index (χ1) is 6.11. The summed E-state index contributed by atoms with van der Waals surface area (Å²) in [5, 5.41) is 2.88. The van der Waals surface area contributed by atoms with Crippen LogP contribution in [0.5, 0.6) is 0 Å². The molecule has 0 spiro atoms. The van der Waals surface area contributed by atoms with Gasteiger partial charge >= 0.3 is 0 Å². The third-order valence-corrected chi connectivity index (χ3v) is 2.88. The molecule has 0 saturated heterocycles. The van der Waals surface area contributed by atoms with E-state index in [1.807, 2.05) is 25.6 Å². The summed E-state index contributed by atoms with van der Waals surface area (Å²) in [6.45, 7) is 6.02. The molecule has 0 heterocycles. The Balaban J connectivity index is 3.64. The molecule has 1 amide bonds. The van der Waals surface area contributed by atoms with Crippen LogP contribution in [-0.2, 0) is 4.79 Å². The lowest BCUT2D eigenvalue weighted by atomic mass is 10.2. The second kappa shape index (κ2) is 7.21. The zero-order valence-electron chi connectivity index (χ0n) is 8.67. The normalized spacial score (nSPS) is 15.1. The first kappa shape index (κ1) is 12.8. The number of amides is 1. The lowest BCUT2D eigenvalue weighted by Crippen LogP contribution is -2.44. The van der Waals surface area contributed by atoms with Gasteiger partial charge in [-0.3, -0.25) is 4.79 Å². The van der Waals surface area contributed by atoms with Gasteiger partial charge in [0.05, 0.1) is 6.04 Å². The molecule has 2 atom stereocenters. The van der Waals surface area contributed by atoms with Crippen LogP contribution in [0.2, 0.25) is 0 Å². The Kier molecular flexibility index (Phi) is 7.09. The number of hydrogen-bond acceptors (Lipinski definition) is 3. The standard InChI is InChI=1S/C9H20N2OS/c1-4-8(10)9(12)11-7(3)6-13-5-2/h7-8H,4-6,10H2,1-3H3,(H,11,12). The van der Waals surface area contributed by atoms with Gasteiger partial charge in [-0.1, -0.05) is 13.8 Å². The van der Waals surface area contributed by atoms with E-state index in [0.29, 0.717) is 6.42 Å². The lowest BCUT2D eigenvalue weighted by molar-refractivity contribution is -0.122. The second-order valence-corrected chi connectivity index (χ2v) is 4.40. The first-order valence-electron chi connectivity index (χ1n) is 4.75. The van der Waals surface area contributed by atoms with E-state index in [-0.39, 0.29) is 18.0 Å². The maximum atomic E-state index is 11.3. The van der Waals surface area contributed by atoms with Gasteiger partial charge in [0.1, 0.15) is 0 Å². The lowest BCUT2D eigenvalue weighted by Gasteiger charge is -2.15. The van der Waals surface area contributed by atoms with Crippen LogP contribution in [0.25, 0.3) is 0 Å². The van der Waals surface area contributed by atoms with Crippen molar-refractivity contribution in [2.75, 3.05) is 11.5 Å². The number of thioether (sulfide) groups is 1. The van der Waals surface area contributed by atoms with Gasteiger partial charge in [0, 0.05) is 11.8 Å². The highest BCUT2D eigenvalue weighted by atomic mass is 32.2. The van der Waals surface area contributed by atoms with Crippen LogP contribution in [0.3, 0.4) is 0 Å². The molecular formula is C9H20N2OS. The number of nitrogens with one attached hydrogen (secondary N) is 1. The predicted octanol–water partition coefficient (Wildman–Crippen LogP) is 0.981. The molecule has 0 aliphatic heterocycles. The number of rotatable bonds is 6. The van der Waals surface area contributed by atoms with Crippen molar-refractivity contribution in [2.24, 2.45) is 5.73 Å². The Morgan fingerprint density at radius 3 is 2.62 bits per heavy atom. The summed E-state index contributed by atoms with van der Waals surface area (Å²) < 4.78 is 0. The van der Waals surface area contributed by atoms with Crippen LogP contribution in [0.15, 0.2) is 0 Å². The summed E-state index contributed by atoms with van der Waals surface area (Å²) in [7, 11) is 0. The maximum absolute atomic E-state index is 11.3. The van der Waals surface area contributed by atoms with Crippen LogP contribution in [0.1, 0.15) is 27.2 Å². The Morgan fingerprint density at radius 2 is 2.15 bits per heavy atom. The van der Waals surface area contributed by atoms with Crippen molar-refractivity contribution < 1.29 is 4.79 Å². The average molecular weight is 204 g/mol. The highest BCUT2D eigenvalue weighted by Gasteiger charge is 2.12. The molecule has 4 heteroatoms. The smallest absolute Gasteiger partial charge is 0.237 e. The van der Waals surface area contributed by atoms with Crippen LogP contribution in [0.4, 0.5) is 0 Å². The predicted molar refractivity (Wildman–Crippen MR) is 58.9 cm³/mol. The molecule has 0 aromatic heterocycles. The van der Waals surface area contributed by atoms with E-state index < -0.39 is 0 Å². The van der Waals surface area contributed by atoms with Gasteiger partial charge in [-0.15, -0.1) is 0 Å². The summed E-state index contributed by atoms with van der Waals surface area (Å²) in [6, 6.07) is -0.135. The fraction of sp³-hybridized carbons (Fsp3) is 0.889. The Morgan fingerprint density at radius 1 is 1.54 bits per heavy atom. The summed E-state index contributed by atoms with van der Waals surface area (Å²) in [5.41, 5.74) is 5.57. The maximum Gasteiger partial charge on any atom is 0.237 e.